The number of hydrogen-bond acceptors (Lipinski definition) is 7. The minimum absolute atomic E-state index is 0.0272. The van der Waals surface area contributed by atoms with E-state index in [1.807, 2.05) is 0 Å². The average molecular weight is 408 g/mol. The Kier molecular flexibility index (Phi) is 5.86. The molecule has 1 aromatic carbocycles. The molecule has 0 atom stereocenters. The predicted molar refractivity (Wildman–Crippen MR) is 98.6 cm³/mol. The van der Waals surface area contributed by atoms with Crippen LogP contribution in [0.25, 0.3) is 16.7 Å². The minimum Gasteiger partial charge on any atom is -0.474 e. The van der Waals surface area contributed by atoms with Crippen molar-refractivity contribution in [1.29, 1.82) is 0 Å². The molecule has 0 bridgehead atoms. The van der Waals surface area contributed by atoms with Gasteiger partial charge in [-0.3, -0.25) is 9.36 Å². The first-order valence-electron chi connectivity index (χ1n) is 8.23. The molecule has 1 N–H and O–H groups in total. The number of benzene rings is 1. The van der Waals surface area contributed by atoms with Gasteiger partial charge in [-0.15, -0.1) is 0 Å². The summed E-state index contributed by atoms with van der Waals surface area (Å²) >= 11 is 5.82. The molecular formula is C18H15ClFN3O5. The first kappa shape index (κ1) is 19.7. The molecule has 2 aromatic heterocycles. The molecule has 8 nitrogen and oxygen atoms in total. The van der Waals surface area contributed by atoms with E-state index in [9.17, 15) is 14.0 Å². The molecule has 0 unspecified atom stereocenters. The summed E-state index contributed by atoms with van der Waals surface area (Å²) in [7, 11) is 0. The lowest BCUT2D eigenvalue weighted by Gasteiger charge is -2.13. The summed E-state index contributed by atoms with van der Waals surface area (Å²) < 4.78 is 25.5. The van der Waals surface area contributed by atoms with Crippen molar-refractivity contribution in [1.82, 2.24) is 14.5 Å². The first-order valence-corrected chi connectivity index (χ1v) is 8.61. The van der Waals surface area contributed by atoms with Gasteiger partial charge in [-0.05, 0) is 13.0 Å². The third-order valence-corrected chi connectivity index (χ3v) is 4.03. The van der Waals surface area contributed by atoms with Gasteiger partial charge in [0.1, 0.15) is 18.0 Å². The number of aromatic nitrogens is 3. The lowest BCUT2D eigenvalue weighted by atomic mass is 10.1. The molecule has 0 saturated carbocycles. The van der Waals surface area contributed by atoms with Gasteiger partial charge in [0, 0.05) is 17.6 Å². The maximum Gasteiger partial charge on any atom is 0.343 e. The molecule has 3 rings (SSSR count). The Bertz CT molecular complexity index is 1090. The summed E-state index contributed by atoms with van der Waals surface area (Å²) in [5.41, 5.74) is -0.736. The van der Waals surface area contributed by atoms with Gasteiger partial charge in [-0.2, -0.15) is 0 Å². The maximum atomic E-state index is 14.0. The van der Waals surface area contributed by atoms with Crippen LogP contribution in [-0.2, 0) is 4.74 Å². The highest BCUT2D eigenvalue weighted by Crippen LogP contribution is 2.23. The average Bonchev–Trinajstić information content (AvgIpc) is 2.69. The monoisotopic (exact) mass is 407 g/mol. The number of rotatable bonds is 6. The van der Waals surface area contributed by atoms with Crippen LogP contribution in [-0.4, -0.2) is 45.4 Å². The van der Waals surface area contributed by atoms with Gasteiger partial charge in [0.15, 0.2) is 5.82 Å². The number of carbonyl (C=O) groups excluding carboxylic acids is 1. The van der Waals surface area contributed by atoms with Crippen LogP contribution < -0.4 is 10.2 Å². The van der Waals surface area contributed by atoms with Gasteiger partial charge in [0.2, 0.25) is 11.3 Å². The van der Waals surface area contributed by atoms with Crippen molar-refractivity contribution in [3.8, 4) is 11.7 Å². The Labute approximate surface area is 163 Å². The van der Waals surface area contributed by atoms with Crippen LogP contribution in [0.4, 0.5) is 4.39 Å². The number of fused-ring (bicyclic) bond motifs is 1. The van der Waals surface area contributed by atoms with Crippen LogP contribution in [0.15, 0.2) is 35.5 Å². The van der Waals surface area contributed by atoms with Crippen molar-refractivity contribution in [2.45, 2.75) is 6.92 Å². The number of carbonyl (C=O) groups is 1. The van der Waals surface area contributed by atoms with Crippen molar-refractivity contribution >= 4 is 28.5 Å². The molecule has 0 fully saturated rings. The van der Waals surface area contributed by atoms with E-state index >= 15 is 0 Å². The number of ether oxygens (including phenoxy) is 2. The summed E-state index contributed by atoms with van der Waals surface area (Å²) in [6, 6.07) is 2.23. The Hall–Kier alpha value is -3.04. The fraction of sp³-hybridized carbons (Fsp3) is 0.222. The summed E-state index contributed by atoms with van der Waals surface area (Å²) in [5.74, 6) is -1.18. The zero-order valence-electron chi connectivity index (χ0n) is 14.7. The highest BCUT2D eigenvalue weighted by Gasteiger charge is 2.19. The molecule has 0 saturated heterocycles. The number of halogens is 2. The fourth-order valence-electron chi connectivity index (χ4n) is 2.52. The van der Waals surface area contributed by atoms with Gasteiger partial charge in [-0.1, -0.05) is 11.6 Å². The summed E-state index contributed by atoms with van der Waals surface area (Å²) in [6.07, 6.45) is 3.83. The zero-order chi connectivity index (χ0) is 20.3. The largest absolute Gasteiger partial charge is 0.474 e. The molecule has 146 valence electrons. The zero-order valence-corrected chi connectivity index (χ0v) is 15.4. The van der Waals surface area contributed by atoms with Crippen molar-refractivity contribution in [3.05, 3.63) is 57.3 Å². The number of hydrogen-bond donors (Lipinski definition) is 1. The van der Waals surface area contributed by atoms with Gasteiger partial charge in [0.25, 0.3) is 0 Å². The van der Waals surface area contributed by atoms with Gasteiger partial charge in [-0.25, -0.2) is 19.2 Å². The molecule has 28 heavy (non-hydrogen) atoms. The van der Waals surface area contributed by atoms with E-state index in [4.69, 9.17) is 26.2 Å². The van der Waals surface area contributed by atoms with Crippen LogP contribution in [0.3, 0.4) is 0 Å². The Morgan fingerprint density at radius 2 is 2.11 bits per heavy atom. The molecule has 0 spiro atoms. The Morgan fingerprint density at radius 1 is 1.32 bits per heavy atom. The summed E-state index contributed by atoms with van der Waals surface area (Å²) in [6.45, 7) is 1.56. The fourth-order valence-corrected chi connectivity index (χ4v) is 2.69. The van der Waals surface area contributed by atoms with E-state index in [1.165, 1.54) is 23.2 Å². The second-order valence-electron chi connectivity index (χ2n) is 5.53. The summed E-state index contributed by atoms with van der Waals surface area (Å²) in [5, 5.41) is 8.56. The lowest BCUT2D eigenvalue weighted by Crippen LogP contribution is -2.21. The topological polar surface area (TPSA) is 104 Å². The van der Waals surface area contributed by atoms with Crippen molar-refractivity contribution in [3.63, 3.8) is 0 Å². The molecule has 0 aliphatic heterocycles. The molecule has 0 radical (unpaired) electrons. The van der Waals surface area contributed by atoms with Gasteiger partial charge < -0.3 is 14.6 Å². The van der Waals surface area contributed by atoms with Gasteiger partial charge >= 0.3 is 5.97 Å². The van der Waals surface area contributed by atoms with Gasteiger partial charge in [0.05, 0.1) is 36.1 Å². The van der Waals surface area contributed by atoms with E-state index in [1.54, 1.807) is 6.92 Å². The second-order valence-corrected chi connectivity index (χ2v) is 5.94. The standard InChI is InChI=1S/C18H15ClFN3O5/c1-2-27-18(26)11-9-23(15-7-22-16(8-21-15)28-4-3-24)14-6-13(20)12(19)5-10(14)17(11)25/h5-9,24H,2-4H2,1H3. The SMILES string of the molecule is CCOC(=O)c1cn(-c2cnc(OCCO)cn2)c2cc(F)c(Cl)cc2c1=O. The van der Waals surface area contributed by atoms with E-state index < -0.39 is 17.2 Å². The van der Waals surface area contributed by atoms with Crippen LogP contribution in [0, 0.1) is 5.82 Å². The van der Waals surface area contributed by atoms with Crippen LogP contribution in [0.5, 0.6) is 5.88 Å². The lowest BCUT2D eigenvalue weighted by molar-refractivity contribution is 0.0524. The van der Waals surface area contributed by atoms with E-state index in [2.05, 4.69) is 9.97 Å². The predicted octanol–water partition coefficient (Wildman–Crippen LogP) is 2.12. The number of pyridine rings is 1. The number of aliphatic hydroxyl groups excluding tert-OH is 1. The third-order valence-electron chi connectivity index (χ3n) is 3.74. The molecule has 0 aliphatic carbocycles. The third kappa shape index (κ3) is 3.80. The molecule has 10 heteroatoms. The Morgan fingerprint density at radius 3 is 2.75 bits per heavy atom. The smallest absolute Gasteiger partial charge is 0.343 e. The van der Waals surface area contributed by atoms with Crippen molar-refractivity contribution < 1.29 is 23.8 Å². The number of aliphatic hydroxyl groups is 1. The van der Waals surface area contributed by atoms with E-state index in [0.717, 1.165) is 12.1 Å². The molecule has 0 amide bonds. The number of esters is 1. The molecule has 0 aliphatic rings. The van der Waals surface area contributed by atoms with Crippen molar-refractivity contribution in [2.75, 3.05) is 19.8 Å². The van der Waals surface area contributed by atoms with Crippen LogP contribution in [0.1, 0.15) is 17.3 Å². The Balaban J connectivity index is 2.22. The van der Waals surface area contributed by atoms with Crippen molar-refractivity contribution in [2.24, 2.45) is 0 Å². The number of nitrogens with zero attached hydrogens (tertiary/aromatic N) is 3. The molecule has 2 heterocycles. The quantitative estimate of drug-likeness (QED) is 0.624. The van der Waals surface area contributed by atoms with E-state index in [-0.39, 0.29) is 53.0 Å². The highest BCUT2D eigenvalue weighted by molar-refractivity contribution is 6.31. The molecular weight excluding hydrogens is 393 g/mol. The minimum atomic E-state index is -0.820. The van der Waals surface area contributed by atoms with Crippen LogP contribution >= 0.6 is 11.6 Å². The molecule has 3 aromatic rings. The van der Waals surface area contributed by atoms with Crippen LogP contribution in [0.2, 0.25) is 5.02 Å². The highest BCUT2D eigenvalue weighted by atomic mass is 35.5. The summed E-state index contributed by atoms with van der Waals surface area (Å²) in [4.78, 5) is 33.1. The normalized spacial score (nSPS) is 10.9. The first-order chi connectivity index (χ1) is 13.5. The van der Waals surface area contributed by atoms with E-state index in [0.29, 0.717) is 0 Å². The maximum absolute atomic E-state index is 14.0. The second kappa shape index (κ2) is 8.32.